The van der Waals surface area contributed by atoms with E-state index in [-0.39, 0.29) is 17.9 Å². The van der Waals surface area contributed by atoms with Crippen LogP contribution in [0.2, 0.25) is 0 Å². The third-order valence-corrected chi connectivity index (χ3v) is 5.18. The molecule has 1 N–H and O–H groups in total. The minimum Gasteiger partial charge on any atom is -0.356 e. The van der Waals surface area contributed by atoms with Crippen molar-refractivity contribution in [3.63, 3.8) is 0 Å². The third-order valence-electron chi connectivity index (χ3n) is 4.08. The quantitative estimate of drug-likeness (QED) is 0.635. The molecule has 0 bridgehead atoms. The molecular weight excluding hydrogens is 322 g/mol. The molecule has 1 unspecified atom stereocenters. The summed E-state index contributed by atoms with van der Waals surface area (Å²) in [6.07, 6.45) is 2.70. The number of likely N-dealkylation sites (tertiary alicyclic amines) is 1. The summed E-state index contributed by atoms with van der Waals surface area (Å²) in [5.74, 6) is 0.987. The molecule has 1 aliphatic heterocycles. The second-order valence-electron chi connectivity index (χ2n) is 6.27. The molecule has 1 saturated heterocycles. The Bertz CT molecular complexity index is 536. The topological polar surface area (TPSA) is 52.7 Å². The van der Waals surface area contributed by atoms with E-state index in [1.165, 1.54) is 4.90 Å². The lowest BCUT2D eigenvalue weighted by atomic mass is 9.97. The Labute approximate surface area is 148 Å². The van der Waals surface area contributed by atoms with Crippen molar-refractivity contribution in [1.29, 1.82) is 0 Å². The number of carbonyl (C=O) groups excluding carboxylic acids is 2. The van der Waals surface area contributed by atoms with Crippen LogP contribution in [0.1, 0.15) is 19.3 Å². The second-order valence-corrected chi connectivity index (χ2v) is 7.44. The van der Waals surface area contributed by atoms with Crippen LogP contribution >= 0.6 is 11.8 Å². The minimum absolute atomic E-state index is 0.00763. The lowest BCUT2D eigenvalue weighted by Gasteiger charge is -2.33. The molecule has 1 aliphatic rings. The number of nitrogens with zero attached hydrogens (tertiary/aromatic N) is 2. The fourth-order valence-corrected chi connectivity index (χ4v) is 3.66. The zero-order valence-electron chi connectivity index (χ0n) is 14.5. The van der Waals surface area contributed by atoms with Gasteiger partial charge in [0.1, 0.15) is 0 Å². The van der Waals surface area contributed by atoms with Gasteiger partial charge in [0.05, 0.1) is 5.92 Å². The van der Waals surface area contributed by atoms with Gasteiger partial charge in [0, 0.05) is 38.6 Å². The molecule has 0 saturated carbocycles. The van der Waals surface area contributed by atoms with Crippen LogP contribution in [0.3, 0.4) is 0 Å². The van der Waals surface area contributed by atoms with Gasteiger partial charge in [0.25, 0.3) is 0 Å². The molecule has 1 aromatic rings. The predicted molar refractivity (Wildman–Crippen MR) is 98.2 cm³/mol. The number of nitrogens with one attached hydrogen (secondary N) is 1. The summed E-state index contributed by atoms with van der Waals surface area (Å²) in [5, 5.41) is 3.02. The summed E-state index contributed by atoms with van der Waals surface area (Å²) in [6.45, 7) is 1.97. The molecule has 1 heterocycles. The summed E-state index contributed by atoms with van der Waals surface area (Å²) in [7, 11) is 3.49. The Morgan fingerprint density at radius 3 is 2.75 bits per heavy atom. The highest BCUT2D eigenvalue weighted by Gasteiger charge is 2.28. The molecule has 5 nitrogen and oxygen atoms in total. The van der Waals surface area contributed by atoms with Crippen LogP contribution in [-0.2, 0) is 4.79 Å². The summed E-state index contributed by atoms with van der Waals surface area (Å²) >= 11 is 1.81. The summed E-state index contributed by atoms with van der Waals surface area (Å²) in [5.41, 5.74) is 0. The molecule has 132 valence electrons. The highest BCUT2D eigenvalue weighted by Crippen LogP contribution is 2.19. The standard InChI is InChI=1S/C18H27N3O2S/c1-20(2)18(23)21-12-6-8-15(14-21)17(22)19-11-7-13-24-16-9-4-3-5-10-16/h3-5,9-10,15H,6-8,11-14H2,1-2H3,(H,19,22). The van der Waals surface area contributed by atoms with Gasteiger partial charge in [0.2, 0.25) is 5.91 Å². The highest BCUT2D eigenvalue weighted by atomic mass is 32.2. The average Bonchev–Trinajstić information content (AvgIpc) is 2.61. The monoisotopic (exact) mass is 349 g/mol. The van der Waals surface area contributed by atoms with Crippen molar-refractivity contribution in [2.75, 3.05) is 39.5 Å². The van der Waals surface area contributed by atoms with Crippen molar-refractivity contribution in [2.24, 2.45) is 5.92 Å². The van der Waals surface area contributed by atoms with E-state index < -0.39 is 0 Å². The molecule has 1 aromatic carbocycles. The van der Waals surface area contributed by atoms with Crippen LogP contribution in [-0.4, -0.2) is 61.2 Å². The van der Waals surface area contributed by atoms with E-state index >= 15 is 0 Å². The molecule has 3 amide bonds. The SMILES string of the molecule is CN(C)C(=O)N1CCCC(C(=O)NCCCSc2ccccc2)C1. The number of amides is 3. The average molecular weight is 350 g/mol. The number of rotatable bonds is 6. The minimum atomic E-state index is -0.0792. The van der Waals surface area contributed by atoms with Crippen LogP contribution in [0.15, 0.2) is 35.2 Å². The fourth-order valence-electron chi connectivity index (χ4n) is 2.78. The Kier molecular flexibility index (Phi) is 7.43. The molecule has 0 aliphatic carbocycles. The maximum absolute atomic E-state index is 12.3. The molecule has 0 spiro atoms. The molecule has 1 atom stereocenters. The second kappa shape index (κ2) is 9.57. The van der Waals surface area contributed by atoms with E-state index in [2.05, 4.69) is 17.4 Å². The van der Waals surface area contributed by atoms with Crippen LogP contribution in [0.25, 0.3) is 0 Å². The van der Waals surface area contributed by atoms with E-state index in [0.29, 0.717) is 13.1 Å². The maximum atomic E-state index is 12.3. The Balaban J connectivity index is 1.65. The first kappa shape index (κ1) is 18.6. The molecule has 2 rings (SSSR count). The fraction of sp³-hybridized carbons (Fsp3) is 0.556. The van der Waals surface area contributed by atoms with Crippen molar-refractivity contribution in [3.05, 3.63) is 30.3 Å². The third kappa shape index (κ3) is 5.74. The van der Waals surface area contributed by atoms with E-state index in [1.807, 2.05) is 18.2 Å². The van der Waals surface area contributed by atoms with Crippen LogP contribution in [0.4, 0.5) is 4.79 Å². The van der Waals surface area contributed by atoms with Gasteiger partial charge >= 0.3 is 6.03 Å². The van der Waals surface area contributed by atoms with Gasteiger partial charge in [-0.05, 0) is 37.1 Å². The van der Waals surface area contributed by atoms with Crippen LogP contribution < -0.4 is 5.32 Å². The number of thioether (sulfide) groups is 1. The first-order chi connectivity index (χ1) is 11.6. The van der Waals surface area contributed by atoms with Crippen LogP contribution in [0, 0.1) is 5.92 Å². The smallest absolute Gasteiger partial charge is 0.319 e. The van der Waals surface area contributed by atoms with E-state index in [1.54, 1.807) is 35.7 Å². The summed E-state index contributed by atoms with van der Waals surface area (Å²) in [6, 6.07) is 10.3. The van der Waals surface area contributed by atoms with Gasteiger partial charge in [-0.15, -0.1) is 11.8 Å². The summed E-state index contributed by atoms with van der Waals surface area (Å²) in [4.78, 5) is 28.9. The van der Waals surface area contributed by atoms with E-state index in [9.17, 15) is 9.59 Å². The maximum Gasteiger partial charge on any atom is 0.319 e. The van der Waals surface area contributed by atoms with E-state index in [4.69, 9.17) is 0 Å². The van der Waals surface area contributed by atoms with Gasteiger partial charge < -0.3 is 15.1 Å². The van der Waals surface area contributed by atoms with Gasteiger partial charge in [-0.2, -0.15) is 0 Å². The van der Waals surface area contributed by atoms with Crippen molar-refractivity contribution >= 4 is 23.7 Å². The zero-order valence-corrected chi connectivity index (χ0v) is 15.3. The number of hydrogen-bond acceptors (Lipinski definition) is 3. The van der Waals surface area contributed by atoms with Crippen LogP contribution in [0.5, 0.6) is 0 Å². The van der Waals surface area contributed by atoms with Crippen molar-refractivity contribution in [1.82, 2.24) is 15.1 Å². The summed E-state index contributed by atoms with van der Waals surface area (Å²) < 4.78 is 0. The lowest BCUT2D eigenvalue weighted by Crippen LogP contribution is -2.48. The molecular formula is C18H27N3O2S. The normalized spacial score (nSPS) is 17.4. The van der Waals surface area contributed by atoms with Crippen molar-refractivity contribution < 1.29 is 9.59 Å². The lowest BCUT2D eigenvalue weighted by molar-refractivity contribution is -0.126. The number of hydrogen-bond donors (Lipinski definition) is 1. The Morgan fingerprint density at radius 1 is 1.29 bits per heavy atom. The first-order valence-electron chi connectivity index (χ1n) is 8.49. The predicted octanol–water partition coefficient (Wildman–Crippen LogP) is 2.68. The van der Waals surface area contributed by atoms with Crippen molar-refractivity contribution in [3.8, 4) is 0 Å². The Morgan fingerprint density at radius 2 is 2.04 bits per heavy atom. The number of benzene rings is 1. The molecule has 0 radical (unpaired) electrons. The van der Waals surface area contributed by atoms with Gasteiger partial charge in [-0.3, -0.25) is 4.79 Å². The van der Waals surface area contributed by atoms with Crippen molar-refractivity contribution in [2.45, 2.75) is 24.2 Å². The molecule has 6 heteroatoms. The van der Waals surface area contributed by atoms with Gasteiger partial charge in [-0.25, -0.2) is 4.79 Å². The van der Waals surface area contributed by atoms with Gasteiger partial charge in [0.15, 0.2) is 0 Å². The molecule has 0 aromatic heterocycles. The van der Waals surface area contributed by atoms with E-state index in [0.717, 1.165) is 31.6 Å². The zero-order chi connectivity index (χ0) is 17.4. The highest BCUT2D eigenvalue weighted by molar-refractivity contribution is 7.99. The number of piperidine rings is 1. The molecule has 1 fully saturated rings. The first-order valence-corrected chi connectivity index (χ1v) is 9.48. The number of urea groups is 1. The van der Waals surface area contributed by atoms with Gasteiger partial charge in [-0.1, -0.05) is 18.2 Å². The largest absolute Gasteiger partial charge is 0.356 e. The number of carbonyl (C=O) groups is 2. The molecule has 24 heavy (non-hydrogen) atoms. The Hall–Kier alpha value is -1.69.